The fourth-order valence-corrected chi connectivity index (χ4v) is 8.79. The minimum absolute atomic E-state index is 0.0185. The summed E-state index contributed by atoms with van der Waals surface area (Å²) in [6.07, 6.45) is 0. The van der Waals surface area contributed by atoms with Gasteiger partial charge in [0.05, 0.1) is 0 Å². The standard InChI is InChI=1S/C50H44N2/c1-49(2,3)48-47(43-16-10-12-18-46(43)51(48)6)35-23-27-39(28-24-35)52(40-29-30-42-41-15-9-11-17-44(41)50(4,5)45(42)32-40)38-25-21-34(22-26-38)37-20-19-33-13-7-8-14-36(33)31-37/h7-32H,1-6H3. The van der Waals surface area contributed by atoms with Gasteiger partial charge in [-0.15, -0.1) is 0 Å². The molecule has 9 rings (SSSR count). The minimum atomic E-state index is -0.0882. The number of fused-ring (bicyclic) bond motifs is 5. The monoisotopic (exact) mass is 672 g/mol. The predicted octanol–water partition coefficient (Wildman–Crippen LogP) is 13.7. The maximum Gasteiger partial charge on any atom is 0.0486 e. The van der Waals surface area contributed by atoms with Crippen LogP contribution in [-0.2, 0) is 17.9 Å². The van der Waals surface area contributed by atoms with Crippen LogP contribution in [0.25, 0.3) is 55.1 Å². The average Bonchev–Trinajstić information content (AvgIpc) is 3.59. The Morgan fingerprint density at radius 2 is 1.08 bits per heavy atom. The van der Waals surface area contributed by atoms with Crippen LogP contribution >= 0.6 is 0 Å². The Hall–Kier alpha value is -5.86. The van der Waals surface area contributed by atoms with Crippen molar-refractivity contribution in [1.82, 2.24) is 4.57 Å². The summed E-state index contributed by atoms with van der Waals surface area (Å²) in [5, 5.41) is 3.81. The first-order valence-corrected chi connectivity index (χ1v) is 18.4. The van der Waals surface area contributed by atoms with Gasteiger partial charge in [-0.05, 0) is 98.2 Å². The first-order chi connectivity index (χ1) is 25.1. The fourth-order valence-electron chi connectivity index (χ4n) is 8.79. The number of hydrogen-bond acceptors (Lipinski definition) is 1. The maximum absolute atomic E-state index is 2.42. The normalized spacial score (nSPS) is 13.3. The van der Waals surface area contributed by atoms with Gasteiger partial charge >= 0.3 is 0 Å². The number of para-hydroxylation sites is 1. The zero-order chi connectivity index (χ0) is 35.8. The number of aromatic nitrogens is 1. The van der Waals surface area contributed by atoms with Crippen molar-refractivity contribution < 1.29 is 0 Å². The van der Waals surface area contributed by atoms with E-state index in [-0.39, 0.29) is 10.8 Å². The van der Waals surface area contributed by atoms with E-state index in [1.807, 2.05) is 0 Å². The molecule has 1 aliphatic carbocycles. The SMILES string of the molecule is Cn1c(C(C)(C)C)c(-c2ccc(N(c3ccc(-c4ccc5ccccc5c4)cc3)c3ccc4c(c3)C(C)(C)c3ccccc3-4)cc2)c2ccccc21. The Bertz CT molecular complexity index is 2630. The third kappa shape index (κ3) is 5.08. The van der Waals surface area contributed by atoms with Crippen LogP contribution in [0.1, 0.15) is 51.4 Å². The summed E-state index contributed by atoms with van der Waals surface area (Å²) in [5.41, 5.74) is 16.4. The van der Waals surface area contributed by atoms with Gasteiger partial charge in [0, 0.05) is 57.1 Å². The van der Waals surface area contributed by atoms with E-state index in [2.05, 4.69) is 209 Å². The van der Waals surface area contributed by atoms with Crippen LogP contribution in [0.3, 0.4) is 0 Å². The second kappa shape index (κ2) is 11.9. The third-order valence-electron chi connectivity index (χ3n) is 11.3. The lowest BCUT2D eigenvalue weighted by Crippen LogP contribution is -2.17. The first-order valence-electron chi connectivity index (χ1n) is 18.4. The maximum atomic E-state index is 2.42. The van der Waals surface area contributed by atoms with E-state index in [0.717, 1.165) is 17.1 Å². The Balaban J connectivity index is 1.17. The van der Waals surface area contributed by atoms with Gasteiger partial charge in [0.25, 0.3) is 0 Å². The quantitative estimate of drug-likeness (QED) is 0.177. The van der Waals surface area contributed by atoms with E-state index < -0.39 is 0 Å². The molecule has 0 atom stereocenters. The van der Waals surface area contributed by atoms with Gasteiger partial charge in [0.2, 0.25) is 0 Å². The summed E-state index contributed by atoms with van der Waals surface area (Å²) in [6.45, 7) is 11.7. The summed E-state index contributed by atoms with van der Waals surface area (Å²) in [7, 11) is 2.21. The molecule has 0 unspecified atom stereocenters. The molecule has 254 valence electrons. The molecule has 0 N–H and O–H groups in total. The average molecular weight is 673 g/mol. The topological polar surface area (TPSA) is 8.17 Å². The number of aryl methyl sites for hydroxylation is 1. The predicted molar refractivity (Wildman–Crippen MR) is 222 cm³/mol. The zero-order valence-electron chi connectivity index (χ0n) is 30.9. The van der Waals surface area contributed by atoms with E-state index in [9.17, 15) is 0 Å². The first kappa shape index (κ1) is 32.1. The highest BCUT2D eigenvalue weighted by Gasteiger charge is 2.36. The van der Waals surface area contributed by atoms with Gasteiger partial charge in [0.15, 0.2) is 0 Å². The van der Waals surface area contributed by atoms with Crippen LogP contribution < -0.4 is 4.90 Å². The smallest absolute Gasteiger partial charge is 0.0486 e. The molecule has 8 aromatic rings. The largest absolute Gasteiger partial charge is 0.347 e. The lowest BCUT2D eigenvalue weighted by atomic mass is 9.82. The van der Waals surface area contributed by atoms with Crippen molar-refractivity contribution in [3.05, 3.63) is 175 Å². The molecular weight excluding hydrogens is 629 g/mol. The highest BCUT2D eigenvalue weighted by molar-refractivity contribution is 5.99. The Morgan fingerprint density at radius 3 is 1.81 bits per heavy atom. The molecule has 1 heterocycles. The summed E-state index contributed by atoms with van der Waals surface area (Å²) < 4.78 is 2.38. The molecule has 0 spiro atoms. The molecule has 2 nitrogen and oxygen atoms in total. The third-order valence-corrected chi connectivity index (χ3v) is 11.3. The van der Waals surface area contributed by atoms with Crippen molar-refractivity contribution in [3.63, 3.8) is 0 Å². The number of anilines is 3. The van der Waals surface area contributed by atoms with Crippen molar-refractivity contribution in [1.29, 1.82) is 0 Å². The second-order valence-corrected chi connectivity index (χ2v) is 15.9. The van der Waals surface area contributed by atoms with E-state index >= 15 is 0 Å². The molecule has 0 amide bonds. The van der Waals surface area contributed by atoms with Crippen LogP contribution in [0.4, 0.5) is 17.1 Å². The molecule has 52 heavy (non-hydrogen) atoms. The van der Waals surface area contributed by atoms with Crippen molar-refractivity contribution in [2.24, 2.45) is 7.05 Å². The van der Waals surface area contributed by atoms with Gasteiger partial charge in [-0.1, -0.05) is 144 Å². The molecule has 1 aliphatic rings. The van der Waals surface area contributed by atoms with E-state index in [0.29, 0.717) is 0 Å². The van der Waals surface area contributed by atoms with Crippen LogP contribution in [0, 0.1) is 0 Å². The van der Waals surface area contributed by atoms with Crippen molar-refractivity contribution in [3.8, 4) is 33.4 Å². The lowest BCUT2D eigenvalue weighted by Gasteiger charge is -2.28. The zero-order valence-corrected chi connectivity index (χ0v) is 30.9. The van der Waals surface area contributed by atoms with Gasteiger partial charge in [-0.25, -0.2) is 0 Å². The molecule has 0 aliphatic heterocycles. The molecular formula is C50H44N2. The number of benzene rings is 7. The Labute approximate surface area is 307 Å². The molecule has 0 saturated carbocycles. The number of nitrogens with zero attached hydrogens (tertiary/aromatic N) is 2. The highest BCUT2D eigenvalue weighted by Crippen LogP contribution is 2.51. The Morgan fingerprint density at radius 1 is 0.500 bits per heavy atom. The molecule has 1 aromatic heterocycles. The van der Waals surface area contributed by atoms with E-state index in [4.69, 9.17) is 0 Å². The van der Waals surface area contributed by atoms with Gasteiger partial charge in [-0.3, -0.25) is 0 Å². The summed E-state index contributed by atoms with van der Waals surface area (Å²) >= 11 is 0. The summed E-state index contributed by atoms with van der Waals surface area (Å²) in [6, 6.07) is 58.3. The lowest BCUT2D eigenvalue weighted by molar-refractivity contribution is 0.549. The van der Waals surface area contributed by atoms with Gasteiger partial charge in [-0.2, -0.15) is 0 Å². The van der Waals surface area contributed by atoms with E-state index in [1.165, 1.54) is 71.9 Å². The van der Waals surface area contributed by atoms with E-state index in [1.54, 1.807) is 0 Å². The van der Waals surface area contributed by atoms with Crippen LogP contribution in [0.2, 0.25) is 0 Å². The molecule has 0 bridgehead atoms. The van der Waals surface area contributed by atoms with Gasteiger partial charge < -0.3 is 9.47 Å². The number of hydrogen-bond donors (Lipinski definition) is 0. The van der Waals surface area contributed by atoms with Crippen LogP contribution in [0.15, 0.2) is 158 Å². The molecule has 0 fully saturated rings. The Kier molecular flexibility index (Phi) is 7.31. The highest BCUT2D eigenvalue weighted by atomic mass is 15.1. The molecule has 7 aromatic carbocycles. The molecule has 0 radical (unpaired) electrons. The number of rotatable bonds is 5. The van der Waals surface area contributed by atoms with Crippen molar-refractivity contribution in [2.75, 3.05) is 4.90 Å². The summed E-state index contributed by atoms with van der Waals surface area (Å²) in [5.74, 6) is 0. The summed E-state index contributed by atoms with van der Waals surface area (Å²) in [4.78, 5) is 2.42. The van der Waals surface area contributed by atoms with Crippen LogP contribution in [0.5, 0.6) is 0 Å². The molecule has 0 saturated heterocycles. The second-order valence-electron chi connectivity index (χ2n) is 15.9. The van der Waals surface area contributed by atoms with Crippen molar-refractivity contribution >= 4 is 38.7 Å². The fraction of sp³-hybridized carbons (Fsp3) is 0.160. The van der Waals surface area contributed by atoms with Crippen molar-refractivity contribution in [2.45, 2.75) is 45.4 Å². The van der Waals surface area contributed by atoms with Gasteiger partial charge in [0.1, 0.15) is 0 Å². The minimum Gasteiger partial charge on any atom is -0.347 e. The van der Waals surface area contributed by atoms with Crippen LogP contribution in [-0.4, -0.2) is 4.57 Å². The molecule has 2 heteroatoms.